The van der Waals surface area contributed by atoms with Crippen LogP contribution in [0.1, 0.15) is 50.2 Å². The van der Waals surface area contributed by atoms with Crippen molar-refractivity contribution in [2.24, 2.45) is 5.92 Å². The Balaban J connectivity index is 1.75. The number of hydrogen-bond donors (Lipinski definition) is 0. The molecule has 2 nitrogen and oxygen atoms in total. The fraction of sp³-hybridized carbons (Fsp3) is 0.458. The van der Waals surface area contributed by atoms with Gasteiger partial charge in [-0.2, -0.15) is 5.26 Å². The van der Waals surface area contributed by atoms with Gasteiger partial charge in [0.2, 0.25) is 0 Å². The van der Waals surface area contributed by atoms with Crippen molar-refractivity contribution in [1.82, 2.24) is 4.90 Å². The van der Waals surface area contributed by atoms with E-state index in [1.165, 1.54) is 12.0 Å². The second-order valence-corrected chi connectivity index (χ2v) is 9.47. The molecule has 0 bridgehead atoms. The molecule has 1 aliphatic rings. The summed E-state index contributed by atoms with van der Waals surface area (Å²) in [6.07, 6.45) is 5.48. The summed E-state index contributed by atoms with van der Waals surface area (Å²) in [4.78, 5) is 2.48. The van der Waals surface area contributed by atoms with Gasteiger partial charge in [-0.25, -0.2) is 0 Å². The van der Waals surface area contributed by atoms with Crippen molar-refractivity contribution in [3.8, 4) is 6.07 Å². The number of benzene rings is 2. The predicted molar refractivity (Wildman–Crippen MR) is 123 cm³/mol. The van der Waals surface area contributed by atoms with Gasteiger partial charge in [0.25, 0.3) is 0 Å². The normalized spacial score (nSPS) is 16.4. The molecule has 2 aromatic carbocycles. The van der Waals surface area contributed by atoms with E-state index in [1.807, 2.05) is 6.07 Å². The monoisotopic (exact) mass is 502 g/mol. The highest BCUT2D eigenvalue weighted by atomic mass is 79.9. The lowest BCUT2D eigenvalue weighted by molar-refractivity contribution is 0.183. The highest BCUT2D eigenvalue weighted by Gasteiger charge is 2.45. The molecule has 1 saturated carbocycles. The minimum atomic E-state index is -0.413. The zero-order chi connectivity index (χ0) is 20.0. The van der Waals surface area contributed by atoms with E-state index in [0.717, 1.165) is 59.8 Å². The molecule has 0 N–H and O–H groups in total. The van der Waals surface area contributed by atoms with Crippen LogP contribution in [0.4, 0.5) is 0 Å². The van der Waals surface area contributed by atoms with Crippen LogP contribution < -0.4 is 0 Å². The fourth-order valence-corrected chi connectivity index (χ4v) is 6.04. The number of nitrogens with zero attached hydrogens (tertiary/aromatic N) is 2. The van der Waals surface area contributed by atoms with Crippen molar-refractivity contribution in [3.05, 3.63) is 68.6 Å². The Morgan fingerprint density at radius 2 is 1.75 bits per heavy atom. The van der Waals surface area contributed by atoms with Crippen LogP contribution in [0.15, 0.2) is 57.5 Å². The van der Waals surface area contributed by atoms with Crippen molar-refractivity contribution in [2.75, 3.05) is 13.1 Å². The highest BCUT2D eigenvalue weighted by molar-refractivity contribution is 9.11. The second kappa shape index (κ2) is 10.1. The molecule has 0 spiro atoms. The Morgan fingerprint density at radius 3 is 2.29 bits per heavy atom. The molecule has 0 heterocycles. The maximum Gasteiger partial charge on any atom is 0.0872 e. The summed E-state index contributed by atoms with van der Waals surface area (Å²) in [5.74, 6) is 0.455. The molecule has 0 amide bonds. The lowest BCUT2D eigenvalue weighted by Crippen LogP contribution is -2.39. The molecule has 4 heteroatoms. The number of rotatable bonds is 9. The Morgan fingerprint density at radius 1 is 1.07 bits per heavy atom. The minimum Gasteiger partial charge on any atom is -0.299 e. The van der Waals surface area contributed by atoms with Crippen molar-refractivity contribution < 1.29 is 0 Å². The van der Waals surface area contributed by atoms with Crippen LogP contribution in [0.3, 0.4) is 0 Å². The maximum atomic E-state index is 10.4. The molecule has 0 aliphatic heterocycles. The first-order chi connectivity index (χ1) is 13.6. The van der Waals surface area contributed by atoms with E-state index in [4.69, 9.17) is 0 Å². The summed E-state index contributed by atoms with van der Waals surface area (Å²) in [6, 6.07) is 19.6. The van der Waals surface area contributed by atoms with Gasteiger partial charge in [0.15, 0.2) is 0 Å². The zero-order valence-electron chi connectivity index (χ0n) is 16.5. The van der Waals surface area contributed by atoms with E-state index in [0.29, 0.717) is 5.92 Å². The Kier molecular flexibility index (Phi) is 7.74. The molecule has 2 aromatic rings. The third kappa shape index (κ3) is 4.70. The van der Waals surface area contributed by atoms with E-state index in [9.17, 15) is 5.26 Å². The lowest BCUT2D eigenvalue weighted by Gasteiger charge is -2.42. The van der Waals surface area contributed by atoms with Gasteiger partial charge in [0.1, 0.15) is 0 Å². The average molecular weight is 504 g/mol. The van der Waals surface area contributed by atoms with Crippen LogP contribution in [-0.4, -0.2) is 18.0 Å². The molecular weight excluding hydrogens is 476 g/mol. The van der Waals surface area contributed by atoms with E-state index >= 15 is 0 Å². The first-order valence-electron chi connectivity index (χ1n) is 10.2. The van der Waals surface area contributed by atoms with Crippen molar-refractivity contribution >= 4 is 31.9 Å². The summed E-state index contributed by atoms with van der Waals surface area (Å²) in [5.41, 5.74) is 2.08. The van der Waals surface area contributed by atoms with Crippen molar-refractivity contribution in [1.29, 1.82) is 5.26 Å². The predicted octanol–water partition coefficient (Wildman–Crippen LogP) is 7.08. The smallest absolute Gasteiger partial charge is 0.0872 e. The molecule has 3 rings (SSSR count). The first kappa shape index (κ1) is 21.6. The third-order valence-corrected chi connectivity index (χ3v) is 7.47. The summed E-state index contributed by atoms with van der Waals surface area (Å²) >= 11 is 7.47. The van der Waals surface area contributed by atoms with Crippen LogP contribution in [0.25, 0.3) is 0 Å². The van der Waals surface area contributed by atoms with E-state index in [-0.39, 0.29) is 0 Å². The molecule has 1 aliphatic carbocycles. The minimum absolute atomic E-state index is 0.413. The van der Waals surface area contributed by atoms with Gasteiger partial charge in [0, 0.05) is 21.1 Å². The molecule has 1 atom stereocenters. The first-order valence-corrected chi connectivity index (χ1v) is 11.8. The average Bonchev–Trinajstić information content (AvgIpc) is 2.66. The molecule has 1 unspecified atom stereocenters. The SMILES string of the molecule is CCN(CCCC(C#N)(c1c(Br)cccc1Br)C1CCC1)Cc1ccccc1. The van der Waals surface area contributed by atoms with E-state index in [1.54, 1.807) is 0 Å². The quantitative estimate of drug-likeness (QED) is 0.365. The molecule has 0 saturated heterocycles. The molecule has 1 fully saturated rings. The molecule has 0 radical (unpaired) electrons. The van der Waals surface area contributed by atoms with Gasteiger partial charge >= 0.3 is 0 Å². The van der Waals surface area contributed by atoms with Crippen LogP contribution >= 0.6 is 31.9 Å². The van der Waals surface area contributed by atoms with Gasteiger partial charge < -0.3 is 0 Å². The summed E-state index contributed by atoms with van der Waals surface area (Å²) in [7, 11) is 0. The number of nitriles is 1. The molecular formula is C24H28Br2N2. The van der Waals surface area contributed by atoms with E-state index < -0.39 is 5.41 Å². The maximum absolute atomic E-state index is 10.4. The number of hydrogen-bond acceptors (Lipinski definition) is 2. The van der Waals surface area contributed by atoms with Crippen LogP contribution in [0.2, 0.25) is 0 Å². The van der Waals surface area contributed by atoms with Crippen molar-refractivity contribution in [2.45, 2.75) is 51.0 Å². The topological polar surface area (TPSA) is 27.0 Å². The van der Waals surface area contributed by atoms with E-state index in [2.05, 4.69) is 92.2 Å². The second-order valence-electron chi connectivity index (χ2n) is 7.77. The van der Waals surface area contributed by atoms with Crippen molar-refractivity contribution in [3.63, 3.8) is 0 Å². The van der Waals surface area contributed by atoms with Gasteiger partial charge in [-0.15, -0.1) is 0 Å². The Hall–Kier alpha value is -1.15. The third-order valence-electron chi connectivity index (χ3n) is 6.15. The van der Waals surface area contributed by atoms with Crippen LogP contribution in [-0.2, 0) is 12.0 Å². The van der Waals surface area contributed by atoms with Crippen LogP contribution in [0, 0.1) is 17.2 Å². The van der Waals surface area contributed by atoms with Gasteiger partial charge in [-0.3, -0.25) is 4.90 Å². The summed E-state index contributed by atoms with van der Waals surface area (Å²) in [5, 5.41) is 10.4. The van der Waals surface area contributed by atoms with Gasteiger partial charge in [-0.1, -0.05) is 81.6 Å². The summed E-state index contributed by atoms with van der Waals surface area (Å²) < 4.78 is 2.10. The fourth-order valence-electron chi connectivity index (χ4n) is 4.33. The Labute approximate surface area is 186 Å². The standard InChI is InChI=1S/C24H28Br2N2/c1-2-28(17-19-9-4-3-5-10-19)16-8-15-24(18-27,20-11-6-12-20)23-21(25)13-7-14-22(23)26/h3-5,7,9-10,13-14,20H,2,6,8,11-12,15-17H2,1H3. The largest absolute Gasteiger partial charge is 0.299 e. The Bertz CT molecular complexity index is 791. The summed E-state index contributed by atoms with van der Waals surface area (Å²) in [6.45, 7) is 5.23. The molecule has 28 heavy (non-hydrogen) atoms. The van der Waals surface area contributed by atoms with Crippen LogP contribution in [0.5, 0.6) is 0 Å². The number of halogens is 2. The van der Waals surface area contributed by atoms with Gasteiger partial charge in [0.05, 0.1) is 11.5 Å². The molecule has 0 aromatic heterocycles. The van der Waals surface area contributed by atoms with Gasteiger partial charge in [-0.05, 0) is 62.4 Å². The lowest BCUT2D eigenvalue weighted by atomic mass is 9.61. The highest BCUT2D eigenvalue weighted by Crippen LogP contribution is 2.50. The zero-order valence-corrected chi connectivity index (χ0v) is 19.7. The molecule has 148 valence electrons.